The summed E-state index contributed by atoms with van der Waals surface area (Å²) < 4.78 is 5.20. The van der Waals surface area contributed by atoms with Crippen LogP contribution in [0.5, 0.6) is 0 Å². The van der Waals surface area contributed by atoms with Crippen LogP contribution in [-0.2, 0) is 9.53 Å². The van der Waals surface area contributed by atoms with E-state index in [0.717, 1.165) is 31.6 Å². The van der Waals surface area contributed by atoms with Gasteiger partial charge in [0.1, 0.15) is 0 Å². The molecule has 0 fully saturated rings. The normalized spacial score (nSPS) is 10.4. The summed E-state index contributed by atoms with van der Waals surface area (Å²) in [7, 11) is 0. The van der Waals surface area contributed by atoms with E-state index in [1.54, 1.807) is 0 Å². The molecule has 0 radical (unpaired) electrons. The van der Waals surface area contributed by atoms with Crippen LogP contribution in [0.3, 0.4) is 0 Å². The third-order valence-electron chi connectivity index (χ3n) is 3.27. The summed E-state index contributed by atoms with van der Waals surface area (Å²) in [5.41, 5.74) is 5.39. The van der Waals surface area contributed by atoms with Gasteiger partial charge in [-0.05, 0) is 31.7 Å². The molecular weight excluding hydrogens is 274 g/mol. The number of hydrogen-bond acceptors (Lipinski definition) is 3. The molecule has 4 heteroatoms. The van der Waals surface area contributed by atoms with Gasteiger partial charge in [0.15, 0.2) is 0 Å². The van der Waals surface area contributed by atoms with Crippen LogP contribution in [0.25, 0.3) is 0 Å². The number of ether oxygens (including phenoxy) is 1. The summed E-state index contributed by atoms with van der Waals surface area (Å²) in [5, 5.41) is 0. The lowest BCUT2D eigenvalue weighted by molar-refractivity contribution is -0.143. The number of carbonyl (C=O) groups excluding carboxylic acids is 1. The Labute approximate surface area is 131 Å². The number of esters is 1. The Bertz CT molecular complexity index is 211. The highest BCUT2D eigenvalue weighted by atomic mass is 35.5. The molecule has 0 atom stereocenters. The maximum atomic E-state index is 11.4. The molecule has 0 rings (SSSR count). The van der Waals surface area contributed by atoms with Crippen molar-refractivity contribution in [3.8, 4) is 0 Å². The molecule has 122 valence electrons. The highest BCUT2D eigenvalue weighted by Crippen LogP contribution is 2.10. The third-order valence-corrected chi connectivity index (χ3v) is 3.27. The van der Waals surface area contributed by atoms with Crippen LogP contribution < -0.4 is 5.73 Å². The minimum atomic E-state index is -0.0446. The molecule has 0 saturated carbocycles. The van der Waals surface area contributed by atoms with Crippen molar-refractivity contribution in [2.45, 2.75) is 78.1 Å². The zero-order chi connectivity index (χ0) is 14.3. The molecule has 2 N–H and O–H groups in total. The molecule has 0 aromatic carbocycles. The summed E-state index contributed by atoms with van der Waals surface area (Å²) in [6.45, 7) is 5.85. The highest BCUT2D eigenvalue weighted by Gasteiger charge is 2.02. The summed E-state index contributed by atoms with van der Waals surface area (Å²) in [6.07, 6.45) is 10.9. The number of halogens is 1. The Morgan fingerprint density at radius 1 is 0.950 bits per heavy atom. The van der Waals surface area contributed by atoms with Crippen molar-refractivity contribution in [1.29, 1.82) is 0 Å². The predicted octanol–water partition coefficient (Wildman–Crippen LogP) is 4.47. The first-order valence-corrected chi connectivity index (χ1v) is 8.02. The van der Waals surface area contributed by atoms with Crippen LogP contribution in [-0.4, -0.2) is 19.1 Å². The minimum Gasteiger partial charge on any atom is -0.466 e. The second kappa shape index (κ2) is 16.8. The topological polar surface area (TPSA) is 52.3 Å². The van der Waals surface area contributed by atoms with Gasteiger partial charge < -0.3 is 10.5 Å². The smallest absolute Gasteiger partial charge is 0.305 e. The Hall–Kier alpha value is -0.280. The molecule has 20 heavy (non-hydrogen) atoms. The summed E-state index contributed by atoms with van der Waals surface area (Å²) in [6, 6.07) is 0. The molecule has 0 unspecified atom stereocenters. The number of hydrogen-bond donors (Lipinski definition) is 1. The number of nitrogens with two attached hydrogens (primary N) is 1. The molecule has 0 spiro atoms. The van der Waals surface area contributed by atoms with Gasteiger partial charge in [-0.2, -0.15) is 0 Å². The third kappa shape index (κ3) is 17.7. The maximum absolute atomic E-state index is 11.4. The van der Waals surface area contributed by atoms with Gasteiger partial charge in [-0.3, -0.25) is 4.79 Å². The fourth-order valence-corrected chi connectivity index (χ4v) is 2.03. The number of rotatable bonds is 13. The van der Waals surface area contributed by atoms with E-state index < -0.39 is 0 Å². The molecule has 0 heterocycles. The van der Waals surface area contributed by atoms with Crippen molar-refractivity contribution in [2.75, 3.05) is 13.2 Å². The van der Waals surface area contributed by atoms with Crippen molar-refractivity contribution >= 4 is 18.4 Å². The van der Waals surface area contributed by atoms with E-state index in [2.05, 4.69) is 13.8 Å². The van der Waals surface area contributed by atoms with Gasteiger partial charge in [0, 0.05) is 6.42 Å². The van der Waals surface area contributed by atoms with Gasteiger partial charge in [-0.15, -0.1) is 12.4 Å². The molecule has 0 aliphatic heterocycles. The van der Waals surface area contributed by atoms with Gasteiger partial charge in [-0.1, -0.05) is 52.4 Å². The van der Waals surface area contributed by atoms with Crippen LogP contribution in [0.4, 0.5) is 0 Å². The number of carbonyl (C=O) groups is 1. The molecule has 0 amide bonds. The van der Waals surface area contributed by atoms with E-state index in [1.807, 2.05) is 0 Å². The zero-order valence-corrected chi connectivity index (χ0v) is 14.2. The second-order valence-electron chi connectivity index (χ2n) is 5.77. The largest absolute Gasteiger partial charge is 0.466 e. The van der Waals surface area contributed by atoms with Crippen LogP contribution in [0.2, 0.25) is 0 Å². The van der Waals surface area contributed by atoms with Crippen molar-refractivity contribution in [2.24, 2.45) is 11.7 Å². The van der Waals surface area contributed by atoms with Gasteiger partial charge in [0.2, 0.25) is 0 Å². The fourth-order valence-electron chi connectivity index (χ4n) is 2.03. The minimum absolute atomic E-state index is 0. The second-order valence-corrected chi connectivity index (χ2v) is 5.77. The SMILES string of the molecule is CC(C)CCCCCCCOC(=O)CCCCCN.Cl. The van der Waals surface area contributed by atoms with Crippen LogP contribution in [0, 0.1) is 5.92 Å². The van der Waals surface area contributed by atoms with Crippen LogP contribution in [0.15, 0.2) is 0 Å². The summed E-state index contributed by atoms with van der Waals surface area (Å²) >= 11 is 0. The molecular formula is C16H34ClNO2. The van der Waals surface area contributed by atoms with Gasteiger partial charge >= 0.3 is 5.97 Å². The van der Waals surface area contributed by atoms with Crippen LogP contribution >= 0.6 is 12.4 Å². The number of unbranched alkanes of at least 4 members (excludes halogenated alkanes) is 6. The lowest BCUT2D eigenvalue weighted by Gasteiger charge is -2.06. The molecule has 0 saturated heterocycles. The Balaban J connectivity index is 0. The highest BCUT2D eigenvalue weighted by molar-refractivity contribution is 5.85. The first-order chi connectivity index (χ1) is 9.16. The predicted molar refractivity (Wildman–Crippen MR) is 88.3 cm³/mol. The quantitative estimate of drug-likeness (QED) is 0.403. The van der Waals surface area contributed by atoms with Crippen LogP contribution in [0.1, 0.15) is 78.1 Å². The Morgan fingerprint density at radius 2 is 1.55 bits per heavy atom. The fraction of sp³-hybridized carbons (Fsp3) is 0.938. The van der Waals surface area contributed by atoms with E-state index in [0.29, 0.717) is 19.6 Å². The zero-order valence-electron chi connectivity index (χ0n) is 13.4. The van der Waals surface area contributed by atoms with E-state index in [-0.39, 0.29) is 18.4 Å². The average Bonchev–Trinajstić information content (AvgIpc) is 2.37. The van der Waals surface area contributed by atoms with Crippen molar-refractivity contribution in [1.82, 2.24) is 0 Å². The van der Waals surface area contributed by atoms with E-state index in [9.17, 15) is 4.79 Å². The first-order valence-electron chi connectivity index (χ1n) is 8.02. The maximum Gasteiger partial charge on any atom is 0.305 e. The van der Waals surface area contributed by atoms with Crippen molar-refractivity contribution in [3.05, 3.63) is 0 Å². The van der Waals surface area contributed by atoms with Gasteiger partial charge in [-0.25, -0.2) is 0 Å². The lowest BCUT2D eigenvalue weighted by Crippen LogP contribution is -2.06. The summed E-state index contributed by atoms with van der Waals surface area (Å²) in [4.78, 5) is 11.4. The van der Waals surface area contributed by atoms with Crippen molar-refractivity contribution < 1.29 is 9.53 Å². The summed E-state index contributed by atoms with van der Waals surface area (Å²) in [5.74, 6) is 0.775. The van der Waals surface area contributed by atoms with Crippen molar-refractivity contribution in [3.63, 3.8) is 0 Å². The first kappa shape index (κ1) is 22.0. The molecule has 0 aromatic heterocycles. The lowest BCUT2D eigenvalue weighted by atomic mass is 10.0. The molecule has 0 aliphatic carbocycles. The van der Waals surface area contributed by atoms with E-state index in [1.165, 1.54) is 32.1 Å². The van der Waals surface area contributed by atoms with E-state index in [4.69, 9.17) is 10.5 Å². The van der Waals surface area contributed by atoms with Gasteiger partial charge in [0.05, 0.1) is 6.61 Å². The van der Waals surface area contributed by atoms with Gasteiger partial charge in [0.25, 0.3) is 0 Å². The van der Waals surface area contributed by atoms with E-state index >= 15 is 0 Å². The molecule has 0 aromatic rings. The molecule has 0 bridgehead atoms. The average molecular weight is 308 g/mol. The monoisotopic (exact) mass is 307 g/mol. The Morgan fingerprint density at radius 3 is 2.20 bits per heavy atom. The Kier molecular flexibility index (Phi) is 18.5. The molecule has 0 aliphatic rings. The molecule has 3 nitrogen and oxygen atoms in total. The standard InChI is InChI=1S/C16H33NO2.ClH/c1-15(2)11-7-4-3-5-10-14-19-16(18)12-8-6-9-13-17;/h15H,3-14,17H2,1-2H3;1H.